The van der Waals surface area contributed by atoms with E-state index in [0.29, 0.717) is 10.9 Å². The van der Waals surface area contributed by atoms with Gasteiger partial charge in [-0.15, -0.1) is 0 Å². The van der Waals surface area contributed by atoms with E-state index >= 15 is 0 Å². The number of aliphatic hydroxyl groups excluding tert-OH is 2. The van der Waals surface area contributed by atoms with Gasteiger partial charge < -0.3 is 10.2 Å². The molecule has 0 unspecified atom stereocenters. The van der Waals surface area contributed by atoms with E-state index < -0.39 is 5.41 Å². The fraction of sp³-hybridized carbons (Fsp3) is 0.294. The molecular weight excluding hydrogens is 335 g/mol. The van der Waals surface area contributed by atoms with Gasteiger partial charge in [-0.25, -0.2) is 4.39 Å². The lowest BCUT2D eigenvalue weighted by atomic mass is 9.76. The maximum absolute atomic E-state index is 13.6. The summed E-state index contributed by atoms with van der Waals surface area (Å²) >= 11 is 3.24. The number of aryl methyl sites for hydroxylation is 1. The molecule has 0 bridgehead atoms. The Bertz CT molecular complexity index is 607. The van der Waals surface area contributed by atoms with Crippen molar-refractivity contribution in [2.75, 3.05) is 13.2 Å². The van der Waals surface area contributed by atoms with Crippen LogP contribution in [0.25, 0.3) is 0 Å². The summed E-state index contributed by atoms with van der Waals surface area (Å²) in [7, 11) is 0. The van der Waals surface area contributed by atoms with Gasteiger partial charge in [-0.1, -0.05) is 42.0 Å². The lowest BCUT2D eigenvalue weighted by molar-refractivity contribution is 0.116. The van der Waals surface area contributed by atoms with Crippen LogP contribution >= 0.6 is 15.9 Å². The van der Waals surface area contributed by atoms with Crippen LogP contribution in [0.3, 0.4) is 0 Å². The molecule has 2 aromatic rings. The third-order valence-electron chi connectivity index (χ3n) is 3.83. The topological polar surface area (TPSA) is 40.5 Å². The van der Waals surface area contributed by atoms with Crippen LogP contribution in [-0.4, -0.2) is 23.4 Å². The molecule has 2 aromatic carbocycles. The van der Waals surface area contributed by atoms with Crippen molar-refractivity contribution in [1.29, 1.82) is 0 Å². The summed E-state index contributed by atoms with van der Waals surface area (Å²) < 4.78 is 14.0. The van der Waals surface area contributed by atoms with Gasteiger partial charge in [0.15, 0.2) is 0 Å². The molecule has 0 atom stereocenters. The molecule has 0 saturated carbocycles. The van der Waals surface area contributed by atoms with E-state index in [1.807, 2.05) is 31.2 Å². The first-order valence-electron chi connectivity index (χ1n) is 6.74. The number of rotatable bonds is 5. The molecule has 2 N–H and O–H groups in total. The molecule has 0 aliphatic carbocycles. The number of aliphatic hydroxyl groups is 2. The van der Waals surface area contributed by atoms with Crippen molar-refractivity contribution in [1.82, 2.24) is 0 Å². The Morgan fingerprint density at radius 2 is 1.67 bits per heavy atom. The predicted molar refractivity (Wildman–Crippen MR) is 84.8 cm³/mol. The zero-order valence-electron chi connectivity index (χ0n) is 11.8. The van der Waals surface area contributed by atoms with Crippen molar-refractivity contribution < 1.29 is 14.6 Å². The van der Waals surface area contributed by atoms with Crippen LogP contribution in [0.2, 0.25) is 0 Å². The third kappa shape index (κ3) is 3.34. The highest BCUT2D eigenvalue weighted by Gasteiger charge is 2.32. The van der Waals surface area contributed by atoms with Crippen LogP contribution in [-0.2, 0) is 11.8 Å². The molecule has 0 spiro atoms. The van der Waals surface area contributed by atoms with Crippen LogP contribution in [0.5, 0.6) is 0 Å². The molecule has 2 rings (SSSR count). The van der Waals surface area contributed by atoms with E-state index in [9.17, 15) is 14.6 Å². The van der Waals surface area contributed by atoms with Gasteiger partial charge in [-0.2, -0.15) is 0 Å². The predicted octanol–water partition coefficient (Wildman–Crippen LogP) is 3.36. The molecule has 21 heavy (non-hydrogen) atoms. The Hall–Kier alpha value is -1.23. The summed E-state index contributed by atoms with van der Waals surface area (Å²) in [6.45, 7) is 1.55. The quantitative estimate of drug-likeness (QED) is 0.866. The fourth-order valence-corrected chi connectivity index (χ4v) is 2.81. The summed E-state index contributed by atoms with van der Waals surface area (Å²) in [6, 6.07) is 12.5. The molecule has 0 amide bonds. The van der Waals surface area contributed by atoms with Gasteiger partial charge in [0.25, 0.3) is 0 Å². The van der Waals surface area contributed by atoms with Crippen molar-refractivity contribution in [3.8, 4) is 0 Å². The summed E-state index contributed by atoms with van der Waals surface area (Å²) in [6.07, 6.45) is 0.349. The monoisotopic (exact) mass is 352 g/mol. The summed E-state index contributed by atoms with van der Waals surface area (Å²) in [5.41, 5.74) is 1.84. The molecule has 0 saturated heterocycles. The van der Waals surface area contributed by atoms with Crippen molar-refractivity contribution in [2.45, 2.75) is 18.8 Å². The second kappa shape index (κ2) is 6.69. The van der Waals surface area contributed by atoms with E-state index in [1.54, 1.807) is 12.1 Å². The molecular formula is C17H18BrFO2. The van der Waals surface area contributed by atoms with Gasteiger partial charge in [0.05, 0.1) is 17.7 Å². The first kappa shape index (κ1) is 16.1. The fourth-order valence-electron chi connectivity index (χ4n) is 2.40. The van der Waals surface area contributed by atoms with Crippen LogP contribution < -0.4 is 0 Å². The zero-order chi connectivity index (χ0) is 15.5. The minimum Gasteiger partial charge on any atom is -0.395 e. The van der Waals surface area contributed by atoms with Crippen molar-refractivity contribution in [3.05, 3.63) is 69.4 Å². The van der Waals surface area contributed by atoms with Gasteiger partial charge in [0, 0.05) is 5.41 Å². The van der Waals surface area contributed by atoms with Gasteiger partial charge >= 0.3 is 0 Å². The number of hydrogen-bond acceptors (Lipinski definition) is 2. The molecule has 112 valence electrons. The zero-order valence-corrected chi connectivity index (χ0v) is 13.4. The minimum absolute atomic E-state index is 0.213. The van der Waals surface area contributed by atoms with Crippen LogP contribution in [0.4, 0.5) is 4.39 Å². The lowest BCUT2D eigenvalue weighted by Crippen LogP contribution is -2.37. The standard InChI is InChI=1S/C17H18BrFO2/c1-12-5-7-14(8-6-12)17(10-20,11-21)9-13-3-2-4-15(19)16(13)18/h2-8,20-21H,9-11H2,1H3. The smallest absolute Gasteiger partial charge is 0.137 e. The molecule has 0 aliphatic heterocycles. The highest BCUT2D eigenvalue weighted by atomic mass is 79.9. The average Bonchev–Trinajstić information content (AvgIpc) is 2.50. The molecule has 0 aliphatic rings. The summed E-state index contributed by atoms with van der Waals surface area (Å²) in [4.78, 5) is 0. The largest absolute Gasteiger partial charge is 0.395 e. The second-order valence-corrected chi connectivity index (χ2v) is 6.15. The van der Waals surface area contributed by atoms with Gasteiger partial charge in [-0.05, 0) is 46.5 Å². The van der Waals surface area contributed by atoms with E-state index in [1.165, 1.54) is 6.07 Å². The lowest BCUT2D eigenvalue weighted by Gasteiger charge is -2.31. The molecule has 2 nitrogen and oxygen atoms in total. The average molecular weight is 353 g/mol. The maximum Gasteiger partial charge on any atom is 0.137 e. The Labute approximate surface area is 132 Å². The number of halogens is 2. The molecule has 0 radical (unpaired) electrons. The van der Waals surface area contributed by atoms with E-state index in [-0.39, 0.29) is 19.0 Å². The van der Waals surface area contributed by atoms with Crippen LogP contribution in [0.1, 0.15) is 16.7 Å². The normalized spacial score (nSPS) is 11.7. The minimum atomic E-state index is -0.829. The Kier molecular flexibility index (Phi) is 5.14. The van der Waals surface area contributed by atoms with Crippen molar-refractivity contribution in [3.63, 3.8) is 0 Å². The Balaban J connectivity index is 2.43. The van der Waals surface area contributed by atoms with Gasteiger partial charge in [0.1, 0.15) is 5.82 Å². The third-order valence-corrected chi connectivity index (χ3v) is 4.72. The first-order chi connectivity index (χ1) is 10.0. The van der Waals surface area contributed by atoms with E-state index in [2.05, 4.69) is 15.9 Å². The molecule has 0 fully saturated rings. The van der Waals surface area contributed by atoms with Crippen molar-refractivity contribution >= 4 is 15.9 Å². The molecule has 0 aromatic heterocycles. The highest BCUT2D eigenvalue weighted by Crippen LogP contribution is 2.32. The van der Waals surface area contributed by atoms with Gasteiger partial charge in [0.2, 0.25) is 0 Å². The molecule has 0 heterocycles. The maximum atomic E-state index is 13.6. The number of benzene rings is 2. The highest BCUT2D eigenvalue weighted by molar-refractivity contribution is 9.10. The van der Waals surface area contributed by atoms with Crippen molar-refractivity contribution in [2.24, 2.45) is 0 Å². The summed E-state index contributed by atoms with van der Waals surface area (Å²) in [5.74, 6) is -0.346. The van der Waals surface area contributed by atoms with Crippen LogP contribution in [0, 0.1) is 12.7 Å². The Morgan fingerprint density at radius 3 is 2.24 bits per heavy atom. The first-order valence-corrected chi connectivity index (χ1v) is 7.53. The van der Waals surface area contributed by atoms with E-state index in [4.69, 9.17) is 0 Å². The van der Waals surface area contributed by atoms with E-state index in [0.717, 1.165) is 16.7 Å². The summed E-state index contributed by atoms with van der Waals surface area (Å²) in [5, 5.41) is 19.7. The second-order valence-electron chi connectivity index (χ2n) is 5.35. The SMILES string of the molecule is Cc1ccc(C(CO)(CO)Cc2cccc(F)c2Br)cc1. The van der Waals surface area contributed by atoms with Crippen LogP contribution in [0.15, 0.2) is 46.9 Å². The Morgan fingerprint density at radius 1 is 1.05 bits per heavy atom. The molecule has 4 heteroatoms. The van der Waals surface area contributed by atoms with Gasteiger partial charge in [-0.3, -0.25) is 0 Å². The number of hydrogen-bond donors (Lipinski definition) is 2.